The Morgan fingerprint density at radius 3 is 2.76 bits per heavy atom. The maximum Gasteiger partial charge on any atom is 0.229 e. The fraction of sp³-hybridized carbons (Fsp3) is 0.545. The van der Waals surface area contributed by atoms with Crippen molar-refractivity contribution in [1.29, 1.82) is 0 Å². The third kappa shape index (κ3) is 4.83. The lowest BCUT2D eigenvalue weighted by molar-refractivity contribution is -0.122. The van der Waals surface area contributed by atoms with Gasteiger partial charge in [0.25, 0.3) is 0 Å². The largest absolute Gasteiger partial charge is 0.369 e. The van der Waals surface area contributed by atoms with Gasteiger partial charge in [0.2, 0.25) is 11.9 Å². The number of primary amides is 1. The minimum atomic E-state index is -0.295. The summed E-state index contributed by atoms with van der Waals surface area (Å²) in [6.45, 7) is 6.19. The van der Waals surface area contributed by atoms with Gasteiger partial charge in [-0.25, -0.2) is 4.98 Å². The lowest BCUT2D eigenvalue weighted by Crippen LogP contribution is -2.45. The molecule has 10 nitrogen and oxygen atoms in total. The second-order valence-electron chi connectivity index (χ2n) is 9.20. The summed E-state index contributed by atoms with van der Waals surface area (Å²) in [5, 5.41) is 11.4. The van der Waals surface area contributed by atoms with Crippen LogP contribution in [0, 0.1) is 17.8 Å². The second kappa shape index (κ2) is 9.28. The first-order valence-corrected chi connectivity index (χ1v) is 11.8. The van der Waals surface area contributed by atoms with Gasteiger partial charge in [-0.3, -0.25) is 14.4 Å². The van der Waals surface area contributed by atoms with Crippen LogP contribution in [0.25, 0.3) is 0 Å². The van der Waals surface area contributed by atoms with Crippen molar-refractivity contribution < 1.29 is 4.79 Å². The van der Waals surface area contributed by atoms with E-state index < -0.39 is 0 Å². The van der Waals surface area contributed by atoms with Crippen LogP contribution in [0.4, 0.5) is 17.5 Å². The van der Waals surface area contributed by atoms with Gasteiger partial charge in [0, 0.05) is 45.0 Å². The Morgan fingerprint density at radius 1 is 1.18 bits per heavy atom. The van der Waals surface area contributed by atoms with Crippen molar-refractivity contribution in [2.24, 2.45) is 23.5 Å². The third-order valence-electron chi connectivity index (χ3n) is 6.97. The number of hydrogen-bond acceptors (Lipinski definition) is 8. The summed E-state index contributed by atoms with van der Waals surface area (Å²) >= 11 is 6.36. The van der Waals surface area contributed by atoms with Crippen LogP contribution in [0.5, 0.6) is 0 Å². The van der Waals surface area contributed by atoms with E-state index in [0.717, 1.165) is 51.4 Å². The zero-order valence-corrected chi connectivity index (χ0v) is 19.4. The summed E-state index contributed by atoms with van der Waals surface area (Å²) in [6, 6.07) is -0.116. The molecule has 3 aliphatic rings. The predicted octanol–water partition coefficient (Wildman–Crippen LogP) is 1.41. The average molecular weight is 472 g/mol. The quantitative estimate of drug-likeness (QED) is 0.495. The summed E-state index contributed by atoms with van der Waals surface area (Å²) in [7, 11) is 2.16. The lowest BCUT2D eigenvalue weighted by Gasteiger charge is -2.32. The Balaban J connectivity index is 1.21. The fourth-order valence-electron chi connectivity index (χ4n) is 5.09. The number of amides is 1. The SMILES string of the molecule is CN1CCN(CCn2cc(Nc3ncc(Cl)c(N[C@@H]4[C@H](C(N)=O)[C@@H]5C=C[C@@H]4C5)n3)cn2)CC1. The molecule has 4 atom stereocenters. The molecule has 2 aromatic heterocycles. The molecule has 0 aromatic carbocycles. The first-order chi connectivity index (χ1) is 16.0. The van der Waals surface area contributed by atoms with Gasteiger partial charge in [-0.2, -0.15) is 10.1 Å². The molecule has 4 N–H and O–H groups in total. The molecule has 1 amide bonds. The summed E-state index contributed by atoms with van der Waals surface area (Å²) in [4.78, 5) is 25.7. The number of nitrogens with one attached hydrogen (secondary N) is 2. The summed E-state index contributed by atoms with van der Waals surface area (Å²) in [5.41, 5.74) is 6.48. The van der Waals surface area contributed by atoms with E-state index in [9.17, 15) is 4.79 Å². The molecule has 176 valence electrons. The van der Waals surface area contributed by atoms with E-state index in [2.05, 4.69) is 54.7 Å². The number of piperazine rings is 1. The maximum absolute atomic E-state index is 12.0. The van der Waals surface area contributed by atoms with Crippen molar-refractivity contribution >= 4 is 35.0 Å². The van der Waals surface area contributed by atoms with Crippen LogP contribution >= 0.6 is 11.6 Å². The number of allylic oxidation sites excluding steroid dienone is 1. The fourth-order valence-corrected chi connectivity index (χ4v) is 5.23. The van der Waals surface area contributed by atoms with E-state index >= 15 is 0 Å². The first-order valence-electron chi connectivity index (χ1n) is 11.4. The van der Waals surface area contributed by atoms with Crippen LogP contribution in [0.1, 0.15) is 6.42 Å². The summed E-state index contributed by atoms with van der Waals surface area (Å²) in [5.74, 6) is 0.773. The van der Waals surface area contributed by atoms with Gasteiger partial charge in [-0.1, -0.05) is 23.8 Å². The van der Waals surface area contributed by atoms with E-state index in [1.807, 2.05) is 10.9 Å². The molecule has 2 bridgehead atoms. The van der Waals surface area contributed by atoms with Crippen LogP contribution in [0.15, 0.2) is 30.7 Å². The monoisotopic (exact) mass is 471 g/mol. The van der Waals surface area contributed by atoms with Crippen molar-refractivity contribution in [2.75, 3.05) is 50.4 Å². The molecule has 1 saturated carbocycles. The molecule has 0 unspecified atom stereocenters. The van der Waals surface area contributed by atoms with Gasteiger partial charge in [0.05, 0.1) is 30.5 Å². The smallest absolute Gasteiger partial charge is 0.229 e. The number of carbonyl (C=O) groups is 1. The van der Waals surface area contributed by atoms with Gasteiger partial charge >= 0.3 is 0 Å². The van der Waals surface area contributed by atoms with Crippen molar-refractivity contribution in [1.82, 2.24) is 29.5 Å². The number of anilines is 3. The molecule has 2 fully saturated rings. The molecular weight excluding hydrogens is 442 g/mol. The molecule has 2 aliphatic carbocycles. The maximum atomic E-state index is 12.0. The highest BCUT2D eigenvalue weighted by atomic mass is 35.5. The van der Waals surface area contributed by atoms with E-state index in [4.69, 9.17) is 17.3 Å². The number of hydrogen-bond donors (Lipinski definition) is 3. The van der Waals surface area contributed by atoms with Crippen molar-refractivity contribution in [2.45, 2.75) is 19.0 Å². The Bertz CT molecular complexity index is 1030. The Labute approximate surface area is 198 Å². The van der Waals surface area contributed by atoms with Crippen LogP contribution < -0.4 is 16.4 Å². The molecule has 11 heteroatoms. The highest BCUT2D eigenvalue weighted by Crippen LogP contribution is 2.45. The summed E-state index contributed by atoms with van der Waals surface area (Å²) < 4.78 is 1.93. The molecule has 1 saturated heterocycles. The van der Waals surface area contributed by atoms with Gasteiger partial charge in [-0.05, 0) is 25.3 Å². The van der Waals surface area contributed by atoms with Gasteiger partial charge in [0.1, 0.15) is 5.02 Å². The molecule has 1 aliphatic heterocycles. The van der Waals surface area contributed by atoms with Crippen LogP contribution in [-0.4, -0.2) is 81.3 Å². The number of fused-ring (bicyclic) bond motifs is 2. The van der Waals surface area contributed by atoms with Crippen LogP contribution in [0.3, 0.4) is 0 Å². The van der Waals surface area contributed by atoms with Crippen molar-refractivity contribution in [3.63, 3.8) is 0 Å². The Kier molecular flexibility index (Phi) is 6.22. The minimum Gasteiger partial charge on any atom is -0.369 e. The predicted molar refractivity (Wildman–Crippen MR) is 127 cm³/mol. The number of nitrogens with zero attached hydrogens (tertiary/aromatic N) is 6. The van der Waals surface area contributed by atoms with Gasteiger partial charge in [-0.15, -0.1) is 0 Å². The van der Waals surface area contributed by atoms with E-state index in [1.54, 1.807) is 12.4 Å². The van der Waals surface area contributed by atoms with Crippen LogP contribution in [0.2, 0.25) is 5.02 Å². The molecule has 0 spiro atoms. The van der Waals surface area contributed by atoms with Gasteiger partial charge < -0.3 is 21.3 Å². The summed E-state index contributed by atoms with van der Waals surface area (Å²) in [6.07, 6.45) is 10.4. The van der Waals surface area contributed by atoms with E-state index in [1.165, 1.54) is 0 Å². The minimum absolute atomic E-state index is 0.116. The Hall–Kier alpha value is -2.69. The number of aromatic nitrogens is 4. The number of likely N-dealkylation sites (N-methyl/N-ethyl adjacent to an activating group) is 1. The number of halogens is 1. The number of rotatable bonds is 8. The van der Waals surface area contributed by atoms with Crippen molar-refractivity contribution in [3.8, 4) is 0 Å². The first kappa shape index (κ1) is 22.1. The van der Waals surface area contributed by atoms with E-state index in [0.29, 0.717) is 16.8 Å². The highest BCUT2D eigenvalue weighted by Gasteiger charge is 2.47. The standard InChI is InChI=1S/C22H30ClN9O/c1-30-4-6-31(7-5-30)8-9-32-13-16(11-26-32)27-22-25-12-17(23)21(29-22)28-19-15-3-2-14(10-15)18(19)20(24)33/h2-3,11-15,18-19H,4-10H2,1H3,(H2,24,33)(H2,25,27,28,29)/t14-,15-,18-,19+/m1/s1. The van der Waals surface area contributed by atoms with Crippen molar-refractivity contribution in [3.05, 3.63) is 35.8 Å². The lowest BCUT2D eigenvalue weighted by atomic mass is 9.88. The normalized spacial score (nSPS) is 27.2. The molecule has 33 heavy (non-hydrogen) atoms. The topological polar surface area (TPSA) is 117 Å². The molecule has 2 aromatic rings. The molecule has 3 heterocycles. The highest BCUT2D eigenvalue weighted by molar-refractivity contribution is 6.32. The Morgan fingerprint density at radius 2 is 1.97 bits per heavy atom. The average Bonchev–Trinajstić information content (AvgIpc) is 3.52. The van der Waals surface area contributed by atoms with E-state index in [-0.39, 0.29) is 29.7 Å². The van der Waals surface area contributed by atoms with Crippen LogP contribution in [-0.2, 0) is 11.3 Å². The zero-order chi connectivity index (χ0) is 22.9. The third-order valence-corrected chi connectivity index (χ3v) is 7.24. The van der Waals surface area contributed by atoms with Gasteiger partial charge in [0.15, 0.2) is 5.82 Å². The molecular formula is C22H30ClN9O. The number of carbonyl (C=O) groups excluding carboxylic acids is 1. The number of nitrogens with two attached hydrogens (primary N) is 1. The second-order valence-corrected chi connectivity index (χ2v) is 9.61. The molecule has 5 rings (SSSR count). The zero-order valence-electron chi connectivity index (χ0n) is 18.7. The molecule has 0 radical (unpaired) electrons.